The molecule has 3 nitrogen and oxygen atoms in total. The van der Waals surface area contributed by atoms with Gasteiger partial charge < -0.3 is 10.2 Å². The van der Waals surface area contributed by atoms with Crippen molar-refractivity contribution in [2.45, 2.75) is 18.3 Å². The van der Waals surface area contributed by atoms with Gasteiger partial charge in [-0.25, -0.2) is 0 Å². The highest BCUT2D eigenvalue weighted by Crippen LogP contribution is 2.48. The second-order valence-electron chi connectivity index (χ2n) is 3.71. The van der Waals surface area contributed by atoms with Gasteiger partial charge in [0.1, 0.15) is 0 Å². The molecule has 0 aromatic heterocycles. The zero-order valence-electron chi connectivity index (χ0n) is 7.85. The first-order valence-electron chi connectivity index (χ1n) is 4.42. The van der Waals surface area contributed by atoms with E-state index in [2.05, 4.69) is 12.3 Å². The fraction of sp³-hybridized carbons (Fsp3) is 0.600. The first-order valence-corrected chi connectivity index (χ1v) is 4.42. The van der Waals surface area contributed by atoms with Crippen LogP contribution in [0.4, 0.5) is 0 Å². The van der Waals surface area contributed by atoms with Gasteiger partial charge in [0.25, 0.3) is 0 Å². The summed E-state index contributed by atoms with van der Waals surface area (Å²) < 4.78 is 0. The molecular formula is C10H12BNO2. The van der Waals surface area contributed by atoms with Crippen LogP contribution in [0.2, 0.25) is 5.82 Å². The monoisotopic (exact) mass is 189 g/mol. The maximum atomic E-state index is 9.84. The van der Waals surface area contributed by atoms with Gasteiger partial charge >= 0.3 is 0 Å². The van der Waals surface area contributed by atoms with E-state index in [1.807, 2.05) is 6.07 Å². The molecule has 0 bridgehead atoms. The predicted octanol–water partition coefficient (Wildman–Crippen LogP) is 0.168. The van der Waals surface area contributed by atoms with E-state index in [0.29, 0.717) is 6.42 Å². The molecule has 1 saturated carbocycles. The summed E-state index contributed by atoms with van der Waals surface area (Å²) in [4.78, 5) is 0. The van der Waals surface area contributed by atoms with Crippen LogP contribution < -0.4 is 0 Å². The number of aliphatic hydroxyl groups excluding tert-OH is 2. The van der Waals surface area contributed by atoms with Gasteiger partial charge in [0.05, 0.1) is 32.5 Å². The van der Waals surface area contributed by atoms with E-state index in [0.717, 1.165) is 0 Å². The maximum absolute atomic E-state index is 9.84. The summed E-state index contributed by atoms with van der Waals surface area (Å²) in [7, 11) is 5.70. The third-order valence-electron chi connectivity index (χ3n) is 2.84. The Morgan fingerprint density at radius 3 is 2.71 bits per heavy atom. The third kappa shape index (κ3) is 1.51. The highest BCUT2D eigenvalue weighted by molar-refractivity contribution is 6.12. The molecule has 0 amide bonds. The van der Waals surface area contributed by atoms with Crippen LogP contribution in [0.3, 0.4) is 0 Å². The topological polar surface area (TPSA) is 64.2 Å². The van der Waals surface area contributed by atoms with Gasteiger partial charge in [0.2, 0.25) is 0 Å². The molecule has 0 aromatic carbocycles. The SMILES string of the molecule is [B][C@@H]1C[C@](C=C=C)(CO)[C@H](O)C1C#N. The largest absolute Gasteiger partial charge is 0.395 e. The predicted molar refractivity (Wildman–Crippen MR) is 52.5 cm³/mol. The van der Waals surface area contributed by atoms with Crippen LogP contribution in [0.1, 0.15) is 6.42 Å². The Morgan fingerprint density at radius 2 is 2.36 bits per heavy atom. The molecule has 1 rings (SSSR count). The van der Waals surface area contributed by atoms with Crippen LogP contribution >= 0.6 is 0 Å². The van der Waals surface area contributed by atoms with Gasteiger partial charge in [0, 0.05) is 5.41 Å². The zero-order valence-corrected chi connectivity index (χ0v) is 7.85. The summed E-state index contributed by atoms with van der Waals surface area (Å²) in [5.41, 5.74) is 1.69. The Balaban J connectivity index is 3.03. The quantitative estimate of drug-likeness (QED) is 0.480. The van der Waals surface area contributed by atoms with Gasteiger partial charge in [-0.1, -0.05) is 12.4 Å². The molecule has 0 heterocycles. The van der Waals surface area contributed by atoms with Gasteiger partial charge in [-0.05, 0) is 12.5 Å². The molecule has 0 aliphatic heterocycles. The Morgan fingerprint density at radius 1 is 1.71 bits per heavy atom. The smallest absolute Gasteiger partial charge is 0.0812 e. The molecule has 1 aliphatic rings. The number of hydrogen-bond acceptors (Lipinski definition) is 3. The number of rotatable bonds is 2. The van der Waals surface area contributed by atoms with Crippen LogP contribution in [0.15, 0.2) is 18.4 Å². The van der Waals surface area contributed by atoms with Crippen LogP contribution in [0.5, 0.6) is 0 Å². The van der Waals surface area contributed by atoms with Gasteiger partial charge in [-0.15, -0.1) is 5.73 Å². The molecule has 4 atom stereocenters. The zero-order chi connectivity index (χ0) is 10.8. The lowest BCUT2D eigenvalue weighted by molar-refractivity contribution is 0.0278. The summed E-state index contributed by atoms with van der Waals surface area (Å²) in [5.74, 6) is -1.04. The molecular weight excluding hydrogens is 177 g/mol. The van der Waals surface area contributed by atoms with E-state index in [4.69, 9.17) is 13.1 Å². The second kappa shape index (κ2) is 4.02. The van der Waals surface area contributed by atoms with Crippen molar-refractivity contribution >= 4 is 7.85 Å². The van der Waals surface area contributed by atoms with E-state index in [1.165, 1.54) is 6.08 Å². The van der Waals surface area contributed by atoms with Crippen molar-refractivity contribution in [2.24, 2.45) is 11.3 Å². The number of nitrogens with zero attached hydrogens (tertiary/aromatic N) is 1. The molecule has 1 unspecified atom stereocenters. The molecule has 2 N–H and O–H groups in total. The van der Waals surface area contributed by atoms with Gasteiger partial charge in [-0.2, -0.15) is 5.26 Å². The van der Waals surface area contributed by atoms with E-state index in [-0.39, 0.29) is 6.61 Å². The first-order chi connectivity index (χ1) is 6.61. The fourth-order valence-electron chi connectivity index (χ4n) is 2.00. The Labute approximate surface area is 84.8 Å². The van der Waals surface area contributed by atoms with Crippen LogP contribution in [0.25, 0.3) is 0 Å². The highest BCUT2D eigenvalue weighted by Gasteiger charge is 2.49. The van der Waals surface area contributed by atoms with Crippen LogP contribution in [0, 0.1) is 22.7 Å². The third-order valence-corrected chi connectivity index (χ3v) is 2.84. The molecule has 0 aromatic rings. The number of hydrogen-bond donors (Lipinski definition) is 2. The minimum absolute atomic E-state index is 0.247. The lowest BCUT2D eigenvalue weighted by atomic mass is 9.78. The summed E-state index contributed by atoms with van der Waals surface area (Å²) >= 11 is 0. The van der Waals surface area contributed by atoms with Crippen molar-refractivity contribution in [1.29, 1.82) is 5.26 Å². The minimum atomic E-state index is -0.943. The Bertz CT molecular complexity index is 306. The van der Waals surface area contributed by atoms with Gasteiger partial charge in [0.15, 0.2) is 0 Å². The summed E-state index contributed by atoms with van der Waals surface area (Å²) in [6.07, 6.45) is 0.946. The summed E-state index contributed by atoms with van der Waals surface area (Å²) in [5, 5.41) is 27.8. The summed E-state index contributed by atoms with van der Waals surface area (Å²) in [6, 6.07) is 1.96. The Kier molecular flexibility index (Phi) is 3.18. The molecule has 72 valence electrons. The molecule has 2 radical (unpaired) electrons. The lowest BCUT2D eigenvalue weighted by Crippen LogP contribution is -2.34. The lowest BCUT2D eigenvalue weighted by Gasteiger charge is -2.26. The van der Waals surface area contributed by atoms with Crippen molar-refractivity contribution in [2.75, 3.05) is 6.61 Å². The van der Waals surface area contributed by atoms with Crippen molar-refractivity contribution < 1.29 is 10.2 Å². The van der Waals surface area contributed by atoms with E-state index >= 15 is 0 Å². The number of nitriles is 1. The summed E-state index contributed by atoms with van der Waals surface area (Å²) in [6.45, 7) is 3.15. The van der Waals surface area contributed by atoms with E-state index in [1.54, 1.807) is 0 Å². The standard InChI is InChI=1S/C10H12BNO2/c1-2-3-10(6-13)4-8(11)7(5-12)9(10)14/h3,7-9,13-14H,1,4,6H2/t7?,8-,9-,10-/m1/s1. The number of aliphatic hydroxyl groups is 2. The molecule has 4 heteroatoms. The fourth-order valence-corrected chi connectivity index (χ4v) is 2.00. The van der Waals surface area contributed by atoms with Crippen molar-refractivity contribution in [3.05, 3.63) is 18.4 Å². The Hall–Kier alpha value is -1.01. The highest BCUT2D eigenvalue weighted by atomic mass is 16.3. The van der Waals surface area contributed by atoms with Gasteiger partial charge in [-0.3, -0.25) is 0 Å². The maximum Gasteiger partial charge on any atom is 0.0812 e. The first kappa shape index (κ1) is 11.1. The van der Waals surface area contributed by atoms with Crippen molar-refractivity contribution in [1.82, 2.24) is 0 Å². The van der Waals surface area contributed by atoms with Crippen LogP contribution in [-0.2, 0) is 0 Å². The van der Waals surface area contributed by atoms with Crippen molar-refractivity contribution in [3.63, 3.8) is 0 Å². The molecule has 0 saturated heterocycles. The van der Waals surface area contributed by atoms with E-state index in [9.17, 15) is 10.2 Å². The molecule has 14 heavy (non-hydrogen) atoms. The van der Waals surface area contributed by atoms with Crippen LogP contribution in [-0.4, -0.2) is 30.8 Å². The molecule has 1 fully saturated rings. The normalized spacial score (nSPS) is 41.4. The molecule has 1 aliphatic carbocycles. The minimum Gasteiger partial charge on any atom is -0.395 e. The van der Waals surface area contributed by atoms with Crippen molar-refractivity contribution in [3.8, 4) is 6.07 Å². The average Bonchev–Trinajstić information content (AvgIpc) is 2.40. The molecule has 0 spiro atoms. The average molecular weight is 189 g/mol. The second-order valence-corrected chi connectivity index (χ2v) is 3.71. The van der Waals surface area contributed by atoms with E-state index < -0.39 is 23.3 Å².